The number of piperazine rings is 1. The zero-order chi connectivity index (χ0) is 26.5. The van der Waals surface area contributed by atoms with Gasteiger partial charge in [-0.05, 0) is 68.7 Å². The maximum absolute atomic E-state index is 13.2. The van der Waals surface area contributed by atoms with Gasteiger partial charge in [0.1, 0.15) is 11.6 Å². The normalized spacial score (nSPS) is 14.9. The minimum Gasteiger partial charge on any atom is -0.483 e. The number of hydrogen-bond acceptors (Lipinski definition) is 6. The van der Waals surface area contributed by atoms with E-state index in [1.165, 1.54) is 29.5 Å². The van der Waals surface area contributed by atoms with E-state index in [9.17, 15) is 9.18 Å². The van der Waals surface area contributed by atoms with E-state index < -0.39 is 0 Å². The van der Waals surface area contributed by atoms with Crippen molar-refractivity contribution in [2.45, 2.75) is 57.8 Å². The fourth-order valence-corrected chi connectivity index (χ4v) is 5.40. The maximum Gasteiger partial charge on any atom is 0.233 e. The van der Waals surface area contributed by atoms with Crippen LogP contribution in [0.15, 0.2) is 53.7 Å². The maximum atomic E-state index is 13.2. The van der Waals surface area contributed by atoms with Crippen LogP contribution in [0, 0.1) is 5.82 Å². The Balaban J connectivity index is 1.34. The molecule has 0 N–H and O–H groups in total. The van der Waals surface area contributed by atoms with Crippen LogP contribution >= 0.6 is 11.8 Å². The molecule has 2 aromatic carbocycles. The lowest BCUT2D eigenvalue weighted by molar-refractivity contribution is -0.128. The number of benzene rings is 2. The summed E-state index contributed by atoms with van der Waals surface area (Å²) in [6.45, 7) is 13.2. The smallest absolute Gasteiger partial charge is 0.233 e. The minimum atomic E-state index is -0.288. The van der Waals surface area contributed by atoms with Gasteiger partial charge in [-0.15, -0.1) is 10.2 Å². The zero-order valence-electron chi connectivity index (χ0n) is 22.2. The molecule has 0 bridgehead atoms. The predicted molar refractivity (Wildman–Crippen MR) is 146 cm³/mol. The highest BCUT2D eigenvalue weighted by atomic mass is 32.2. The lowest BCUT2D eigenvalue weighted by Gasteiger charge is -2.36. The third-order valence-electron chi connectivity index (χ3n) is 6.58. The van der Waals surface area contributed by atoms with Crippen LogP contribution in [0.2, 0.25) is 0 Å². The van der Waals surface area contributed by atoms with Crippen LogP contribution in [0.5, 0.6) is 5.75 Å². The number of rotatable bonds is 9. The van der Waals surface area contributed by atoms with Crippen molar-refractivity contribution in [1.29, 1.82) is 0 Å². The van der Waals surface area contributed by atoms with Gasteiger partial charge >= 0.3 is 0 Å². The first-order valence-electron chi connectivity index (χ1n) is 12.9. The molecule has 1 amide bonds. The summed E-state index contributed by atoms with van der Waals surface area (Å²) in [5.74, 6) is 2.14. The molecule has 0 radical (unpaired) electrons. The van der Waals surface area contributed by atoms with Crippen molar-refractivity contribution in [3.05, 3.63) is 65.7 Å². The lowest BCUT2D eigenvalue weighted by Crippen LogP contribution is -2.49. The first-order chi connectivity index (χ1) is 17.7. The molecule has 0 spiro atoms. The van der Waals surface area contributed by atoms with Crippen LogP contribution in [0.25, 0.3) is 0 Å². The van der Waals surface area contributed by atoms with Gasteiger partial charge in [0.25, 0.3) is 0 Å². The summed E-state index contributed by atoms with van der Waals surface area (Å²) in [4.78, 5) is 17.0. The summed E-state index contributed by atoms with van der Waals surface area (Å²) in [6, 6.07) is 14.8. The van der Waals surface area contributed by atoms with E-state index in [-0.39, 0.29) is 23.9 Å². The molecule has 198 valence electrons. The molecule has 7 nitrogen and oxygen atoms in total. The molecule has 1 fully saturated rings. The molecule has 2 heterocycles. The number of aromatic nitrogens is 3. The van der Waals surface area contributed by atoms with Crippen molar-refractivity contribution in [2.75, 3.05) is 36.8 Å². The van der Waals surface area contributed by atoms with Crippen LogP contribution in [0.1, 0.15) is 64.1 Å². The molecule has 4 rings (SSSR count). The van der Waals surface area contributed by atoms with Crippen LogP contribution in [0.3, 0.4) is 0 Å². The second kappa shape index (κ2) is 12.0. The van der Waals surface area contributed by atoms with Crippen molar-refractivity contribution in [1.82, 2.24) is 19.7 Å². The lowest BCUT2D eigenvalue weighted by atomic mass is 10.0. The Morgan fingerprint density at radius 2 is 1.59 bits per heavy atom. The molecule has 1 aliphatic rings. The average Bonchev–Trinajstić information content (AvgIpc) is 3.33. The van der Waals surface area contributed by atoms with E-state index in [1.807, 2.05) is 24.0 Å². The number of halogens is 1. The quantitative estimate of drug-likeness (QED) is 0.334. The Hall–Kier alpha value is -3.07. The number of carbonyl (C=O) groups is 1. The summed E-state index contributed by atoms with van der Waals surface area (Å²) < 4.78 is 21.4. The van der Waals surface area contributed by atoms with Gasteiger partial charge in [-0.2, -0.15) is 0 Å². The predicted octanol–water partition coefficient (Wildman–Crippen LogP) is 5.70. The number of hydrogen-bond donors (Lipinski definition) is 0. The highest BCUT2D eigenvalue weighted by molar-refractivity contribution is 7.99. The van der Waals surface area contributed by atoms with Crippen molar-refractivity contribution in [2.24, 2.45) is 0 Å². The van der Waals surface area contributed by atoms with E-state index in [4.69, 9.17) is 4.74 Å². The third kappa shape index (κ3) is 6.63. The fraction of sp³-hybridized carbons (Fsp3) is 0.464. The summed E-state index contributed by atoms with van der Waals surface area (Å²) in [5, 5.41) is 9.54. The van der Waals surface area contributed by atoms with Crippen LogP contribution in [-0.4, -0.2) is 57.5 Å². The van der Waals surface area contributed by atoms with Gasteiger partial charge in [-0.3, -0.25) is 4.79 Å². The number of carbonyl (C=O) groups excluding carboxylic acids is 1. The SMILES string of the molecule is CC(C)c1ccc(OC(C)c2nnc(SCC(=O)N3CCN(c4ccc(F)cc4)CC3)n2C(C)C)cc1. The zero-order valence-corrected chi connectivity index (χ0v) is 23.0. The molecule has 0 saturated carbocycles. The first-order valence-corrected chi connectivity index (χ1v) is 13.8. The second-order valence-electron chi connectivity index (χ2n) is 9.92. The number of amides is 1. The molecule has 1 aromatic heterocycles. The van der Waals surface area contributed by atoms with Crippen LogP contribution in [0.4, 0.5) is 10.1 Å². The Kier molecular flexibility index (Phi) is 8.74. The van der Waals surface area contributed by atoms with E-state index in [2.05, 4.69) is 59.5 Å². The van der Waals surface area contributed by atoms with Crippen molar-refractivity contribution < 1.29 is 13.9 Å². The molecular weight excluding hydrogens is 489 g/mol. The summed E-state index contributed by atoms with van der Waals surface area (Å²) in [5.41, 5.74) is 2.25. The Bertz CT molecular complexity index is 1170. The molecule has 3 aromatic rings. The van der Waals surface area contributed by atoms with Crippen molar-refractivity contribution in [3.63, 3.8) is 0 Å². The van der Waals surface area contributed by atoms with Gasteiger partial charge in [0, 0.05) is 37.9 Å². The Labute approximate surface area is 223 Å². The van der Waals surface area contributed by atoms with E-state index >= 15 is 0 Å². The van der Waals surface area contributed by atoms with E-state index in [1.54, 1.807) is 12.1 Å². The summed E-state index contributed by atoms with van der Waals surface area (Å²) in [6.07, 6.45) is -0.288. The summed E-state index contributed by atoms with van der Waals surface area (Å²) >= 11 is 1.41. The highest BCUT2D eigenvalue weighted by Gasteiger charge is 2.25. The van der Waals surface area contributed by atoms with E-state index in [0.717, 1.165) is 30.4 Å². The van der Waals surface area contributed by atoms with Gasteiger partial charge in [-0.1, -0.05) is 37.7 Å². The number of thioether (sulfide) groups is 1. The molecular formula is C28H36FN5O2S. The Morgan fingerprint density at radius 3 is 2.19 bits per heavy atom. The van der Waals surface area contributed by atoms with Crippen LogP contribution in [-0.2, 0) is 4.79 Å². The molecule has 37 heavy (non-hydrogen) atoms. The minimum absolute atomic E-state index is 0.0816. The topological polar surface area (TPSA) is 63.5 Å². The third-order valence-corrected chi connectivity index (χ3v) is 7.51. The molecule has 0 aliphatic carbocycles. The fourth-order valence-electron chi connectivity index (χ4n) is 4.42. The average molecular weight is 526 g/mol. The van der Waals surface area contributed by atoms with Gasteiger partial charge in [0.15, 0.2) is 17.1 Å². The van der Waals surface area contributed by atoms with Gasteiger partial charge < -0.3 is 19.1 Å². The molecule has 1 unspecified atom stereocenters. The second-order valence-corrected chi connectivity index (χ2v) is 10.9. The first kappa shape index (κ1) is 27.0. The molecule has 1 aliphatic heterocycles. The standard InChI is InChI=1S/C28H36FN5O2S/c1-19(2)22-6-12-25(13-7-22)36-21(5)27-30-31-28(34(27)20(3)4)37-18-26(35)33-16-14-32(15-17-33)24-10-8-23(29)9-11-24/h6-13,19-21H,14-18H2,1-5H3. The molecule has 1 atom stereocenters. The number of nitrogens with zero attached hydrogens (tertiary/aromatic N) is 5. The van der Waals surface area contributed by atoms with Crippen molar-refractivity contribution >= 4 is 23.4 Å². The van der Waals surface area contributed by atoms with E-state index in [0.29, 0.717) is 29.9 Å². The molecule has 9 heteroatoms. The van der Waals surface area contributed by atoms with Crippen molar-refractivity contribution in [3.8, 4) is 5.75 Å². The number of anilines is 1. The Morgan fingerprint density at radius 1 is 0.946 bits per heavy atom. The van der Waals surface area contributed by atoms with Gasteiger partial charge in [0.2, 0.25) is 5.91 Å². The van der Waals surface area contributed by atoms with Gasteiger partial charge in [-0.25, -0.2) is 4.39 Å². The molecule has 1 saturated heterocycles. The monoisotopic (exact) mass is 525 g/mol. The van der Waals surface area contributed by atoms with Gasteiger partial charge in [0.05, 0.1) is 5.75 Å². The largest absolute Gasteiger partial charge is 0.483 e. The van der Waals surface area contributed by atoms with Crippen LogP contribution < -0.4 is 9.64 Å². The summed E-state index contributed by atoms with van der Waals surface area (Å²) in [7, 11) is 0. The highest BCUT2D eigenvalue weighted by Crippen LogP contribution is 2.29. The number of ether oxygens (including phenoxy) is 1.